The molecule has 45 heavy (non-hydrogen) atoms. The molecular formula is C34H36N4O6S. The predicted molar refractivity (Wildman–Crippen MR) is 170 cm³/mol. The maximum Gasteiger partial charge on any atom is 0.259 e. The summed E-state index contributed by atoms with van der Waals surface area (Å²) in [5.74, 6) is -2.94. The molecule has 6 rings (SSSR count). The quantitative estimate of drug-likeness (QED) is 0.317. The Kier molecular flexibility index (Phi) is 8.22. The van der Waals surface area contributed by atoms with Crippen molar-refractivity contribution in [1.29, 1.82) is 0 Å². The van der Waals surface area contributed by atoms with Gasteiger partial charge in [0, 0.05) is 42.1 Å². The van der Waals surface area contributed by atoms with E-state index < -0.39 is 39.4 Å². The molecular weight excluding hydrogens is 592 g/mol. The monoisotopic (exact) mass is 628 g/mol. The summed E-state index contributed by atoms with van der Waals surface area (Å²) in [6.07, 6.45) is 9.98. The van der Waals surface area contributed by atoms with Crippen LogP contribution >= 0.6 is 0 Å². The number of oxime groups is 1. The molecule has 0 spiro atoms. The third kappa shape index (κ3) is 6.09. The van der Waals surface area contributed by atoms with Gasteiger partial charge in [0.15, 0.2) is 0 Å². The zero-order valence-corrected chi connectivity index (χ0v) is 25.9. The highest BCUT2D eigenvalue weighted by atomic mass is 32.2. The number of carbonyl (C=O) groups excluding carboxylic acids is 3. The standard InChI is InChI=1S/C34H36N4O6S/c1-3-17-38-18-11-5-4-6-12-22-21-34(22,33(41)37-45(2,42)43)35-31(39)28-19-23(20-29(28)32(38)40)44-36-30-26-15-9-7-13-24(26)25-14-8-10-16-27(25)30/h3,6-10,12-16,20,22-23,28H,1,4-5,11,17-19,21H2,2H3,(H,35,39)(H,37,41)/b12-6-/t22-,23+,28+,34+/m0/s1. The van der Waals surface area contributed by atoms with Crippen LogP contribution in [0.25, 0.3) is 11.1 Å². The van der Waals surface area contributed by atoms with Crippen LogP contribution in [0.4, 0.5) is 0 Å². The Hall–Kier alpha value is -4.51. The fourth-order valence-corrected chi connectivity index (χ4v) is 7.01. The second-order valence-electron chi connectivity index (χ2n) is 12.0. The summed E-state index contributed by atoms with van der Waals surface area (Å²) in [5.41, 5.74) is 3.47. The van der Waals surface area contributed by atoms with Crippen LogP contribution in [0.5, 0.6) is 0 Å². The lowest BCUT2D eigenvalue weighted by molar-refractivity contribution is -0.133. The average molecular weight is 629 g/mol. The molecule has 0 aromatic heterocycles. The van der Waals surface area contributed by atoms with E-state index >= 15 is 0 Å². The van der Waals surface area contributed by atoms with Gasteiger partial charge in [0.2, 0.25) is 15.9 Å². The smallest absolute Gasteiger partial charge is 0.259 e. The van der Waals surface area contributed by atoms with Crippen molar-refractivity contribution in [2.45, 2.75) is 43.7 Å². The Labute approximate surface area is 262 Å². The maximum absolute atomic E-state index is 13.9. The highest BCUT2D eigenvalue weighted by Crippen LogP contribution is 2.46. The zero-order chi connectivity index (χ0) is 31.8. The Morgan fingerprint density at radius 1 is 1.11 bits per heavy atom. The van der Waals surface area contributed by atoms with E-state index in [1.54, 1.807) is 17.1 Å². The number of allylic oxidation sites excluding steroid dienone is 1. The first kappa shape index (κ1) is 30.5. The van der Waals surface area contributed by atoms with Gasteiger partial charge >= 0.3 is 0 Å². The van der Waals surface area contributed by atoms with Gasteiger partial charge in [-0.25, -0.2) is 8.42 Å². The molecule has 0 saturated heterocycles. The van der Waals surface area contributed by atoms with Gasteiger partial charge in [-0.3, -0.25) is 19.1 Å². The Morgan fingerprint density at radius 2 is 1.78 bits per heavy atom. The molecule has 4 atom stereocenters. The first-order chi connectivity index (χ1) is 21.6. The molecule has 0 unspecified atom stereocenters. The van der Waals surface area contributed by atoms with E-state index in [1.807, 2.05) is 65.4 Å². The fourth-order valence-electron chi connectivity index (χ4n) is 6.49. The van der Waals surface area contributed by atoms with Crippen molar-refractivity contribution in [3.05, 3.63) is 96.1 Å². The molecule has 2 aromatic rings. The lowest BCUT2D eigenvalue weighted by Gasteiger charge is -2.26. The summed E-state index contributed by atoms with van der Waals surface area (Å²) in [5, 5.41) is 7.39. The van der Waals surface area contributed by atoms with Crippen LogP contribution in [0.3, 0.4) is 0 Å². The predicted octanol–water partition coefficient (Wildman–Crippen LogP) is 3.46. The molecule has 234 valence electrons. The van der Waals surface area contributed by atoms with Gasteiger partial charge in [-0.2, -0.15) is 0 Å². The minimum Gasteiger partial charge on any atom is -0.388 e. The molecule has 1 heterocycles. The van der Waals surface area contributed by atoms with Gasteiger partial charge in [0.05, 0.1) is 12.2 Å². The van der Waals surface area contributed by atoms with Crippen LogP contribution in [0.2, 0.25) is 0 Å². The molecule has 1 fully saturated rings. The molecule has 2 N–H and O–H groups in total. The van der Waals surface area contributed by atoms with Gasteiger partial charge in [0.1, 0.15) is 17.4 Å². The van der Waals surface area contributed by atoms with Crippen molar-refractivity contribution < 1.29 is 27.6 Å². The molecule has 3 amide bonds. The van der Waals surface area contributed by atoms with Crippen LogP contribution in [-0.2, 0) is 29.2 Å². The van der Waals surface area contributed by atoms with Crippen molar-refractivity contribution in [3.8, 4) is 11.1 Å². The average Bonchev–Trinajstić information content (AvgIpc) is 3.37. The third-order valence-electron chi connectivity index (χ3n) is 8.80. The van der Waals surface area contributed by atoms with E-state index in [0.717, 1.165) is 47.8 Å². The fraction of sp³-hybridized carbons (Fsp3) is 0.353. The summed E-state index contributed by atoms with van der Waals surface area (Å²) in [4.78, 5) is 48.8. The zero-order valence-electron chi connectivity index (χ0n) is 25.1. The van der Waals surface area contributed by atoms with Gasteiger partial charge in [-0.1, -0.05) is 71.9 Å². The third-order valence-corrected chi connectivity index (χ3v) is 9.36. The maximum atomic E-state index is 13.9. The summed E-state index contributed by atoms with van der Waals surface area (Å²) in [6.45, 7) is 4.61. The van der Waals surface area contributed by atoms with Crippen molar-refractivity contribution in [2.24, 2.45) is 17.0 Å². The number of amides is 3. The van der Waals surface area contributed by atoms with Crippen molar-refractivity contribution in [2.75, 3.05) is 19.3 Å². The van der Waals surface area contributed by atoms with Crippen LogP contribution < -0.4 is 10.0 Å². The minimum absolute atomic E-state index is 0.124. The highest BCUT2D eigenvalue weighted by Gasteiger charge is 2.61. The van der Waals surface area contributed by atoms with Gasteiger partial charge in [0.25, 0.3) is 11.8 Å². The van der Waals surface area contributed by atoms with E-state index in [2.05, 4.69) is 17.1 Å². The lowest BCUT2D eigenvalue weighted by Crippen LogP contribution is -2.53. The molecule has 10 nitrogen and oxygen atoms in total. The number of sulfonamides is 1. The molecule has 3 aliphatic carbocycles. The molecule has 0 radical (unpaired) electrons. The van der Waals surface area contributed by atoms with Crippen LogP contribution in [0.15, 0.2) is 90.1 Å². The number of fused-ring (bicyclic) bond motifs is 5. The van der Waals surface area contributed by atoms with Crippen LogP contribution in [0.1, 0.15) is 43.2 Å². The lowest BCUT2D eigenvalue weighted by atomic mass is 9.97. The summed E-state index contributed by atoms with van der Waals surface area (Å²) < 4.78 is 25.9. The Morgan fingerprint density at radius 3 is 2.42 bits per heavy atom. The molecule has 0 bridgehead atoms. The Bertz CT molecular complexity index is 1720. The van der Waals surface area contributed by atoms with Crippen molar-refractivity contribution in [1.82, 2.24) is 14.9 Å². The van der Waals surface area contributed by atoms with E-state index in [9.17, 15) is 22.8 Å². The largest absolute Gasteiger partial charge is 0.388 e. The number of hydrogen-bond donors (Lipinski definition) is 2. The molecule has 1 saturated carbocycles. The topological polar surface area (TPSA) is 134 Å². The van der Waals surface area contributed by atoms with E-state index in [4.69, 9.17) is 4.84 Å². The molecule has 2 aromatic carbocycles. The van der Waals surface area contributed by atoms with Gasteiger partial charge in [-0.05, 0) is 42.9 Å². The number of hydrogen-bond acceptors (Lipinski definition) is 7. The van der Waals surface area contributed by atoms with Crippen molar-refractivity contribution in [3.63, 3.8) is 0 Å². The SMILES string of the molecule is C=CCN1CCCC/C=C\[C@H]2C[C@@]2(C(=O)NS(C)(=O)=O)NC(=O)[C@@H]2C[C@@H](ON=C3c4ccccc4-c4ccccc43)C=C2C1=O. The number of nitrogens with zero attached hydrogens (tertiary/aromatic N) is 2. The number of nitrogens with one attached hydrogen (secondary N) is 2. The molecule has 4 aliphatic rings. The van der Waals surface area contributed by atoms with Crippen LogP contribution in [0, 0.1) is 11.8 Å². The summed E-state index contributed by atoms with van der Waals surface area (Å²) in [6, 6.07) is 15.8. The second-order valence-corrected chi connectivity index (χ2v) is 13.8. The number of rotatable bonds is 6. The Balaban J connectivity index is 1.32. The first-order valence-corrected chi connectivity index (χ1v) is 17.1. The number of benzene rings is 2. The van der Waals surface area contributed by atoms with Crippen LogP contribution in [-0.4, -0.2) is 67.7 Å². The summed E-state index contributed by atoms with van der Waals surface area (Å²) in [7, 11) is -3.86. The van der Waals surface area contributed by atoms with Gasteiger partial charge < -0.3 is 15.1 Å². The second kappa shape index (κ2) is 12.1. The van der Waals surface area contributed by atoms with Crippen molar-refractivity contribution >= 4 is 33.5 Å². The molecule has 1 aliphatic heterocycles. The van der Waals surface area contributed by atoms with E-state index in [-0.39, 0.29) is 30.2 Å². The van der Waals surface area contributed by atoms with E-state index in [0.29, 0.717) is 18.8 Å². The minimum atomic E-state index is -3.86. The first-order valence-electron chi connectivity index (χ1n) is 15.2. The summed E-state index contributed by atoms with van der Waals surface area (Å²) >= 11 is 0. The molecule has 11 heteroatoms. The highest BCUT2D eigenvalue weighted by molar-refractivity contribution is 7.89. The van der Waals surface area contributed by atoms with E-state index in [1.165, 1.54) is 0 Å². The normalized spacial score (nSPS) is 26.6. The number of carbonyl (C=O) groups is 3. The van der Waals surface area contributed by atoms with Gasteiger partial charge in [-0.15, -0.1) is 6.58 Å².